The van der Waals surface area contributed by atoms with Crippen LogP contribution in [0.5, 0.6) is 0 Å². The Balaban J connectivity index is 2.01. The van der Waals surface area contributed by atoms with Crippen LogP contribution in [0.2, 0.25) is 0 Å². The molecule has 0 aliphatic carbocycles. The zero-order valence-electron chi connectivity index (χ0n) is 12.5. The lowest BCUT2D eigenvalue weighted by Crippen LogP contribution is -2.41. The lowest BCUT2D eigenvalue weighted by atomic mass is 9.90. The Bertz CT molecular complexity index is 454. The summed E-state index contributed by atoms with van der Waals surface area (Å²) in [5, 5.41) is 21.9. The topological polar surface area (TPSA) is 82.1 Å². The van der Waals surface area contributed by atoms with Gasteiger partial charge in [0, 0.05) is 6.54 Å². The van der Waals surface area contributed by atoms with Gasteiger partial charge in [-0.2, -0.15) is 0 Å². The molecule has 0 radical (unpaired) electrons. The van der Waals surface area contributed by atoms with E-state index >= 15 is 0 Å². The van der Waals surface area contributed by atoms with Crippen molar-refractivity contribution < 1.29 is 10.3 Å². The maximum atomic E-state index is 9.66. The minimum absolute atomic E-state index is 0.0979. The fraction of sp³-hybridized carbons (Fsp3) is 0.562. The van der Waals surface area contributed by atoms with Gasteiger partial charge in [-0.3, -0.25) is 0 Å². The number of nitrogens with zero attached hydrogens (tertiary/aromatic N) is 2. The van der Waals surface area contributed by atoms with Gasteiger partial charge in [0.25, 0.3) is 0 Å². The van der Waals surface area contributed by atoms with Gasteiger partial charge in [0.2, 0.25) is 0 Å². The second-order valence-electron chi connectivity index (χ2n) is 5.87. The highest BCUT2D eigenvalue weighted by atomic mass is 16.4. The predicted molar refractivity (Wildman–Crippen MR) is 83.4 cm³/mol. The van der Waals surface area contributed by atoms with Gasteiger partial charge in [-0.1, -0.05) is 35.5 Å². The van der Waals surface area contributed by atoms with Gasteiger partial charge in [0.1, 0.15) is 5.84 Å². The van der Waals surface area contributed by atoms with Gasteiger partial charge < -0.3 is 20.9 Å². The summed E-state index contributed by atoms with van der Waals surface area (Å²) in [6.07, 6.45) is 1.76. The van der Waals surface area contributed by atoms with Gasteiger partial charge in [0.15, 0.2) is 0 Å². The van der Waals surface area contributed by atoms with E-state index in [0.29, 0.717) is 5.92 Å². The molecule has 21 heavy (non-hydrogen) atoms. The van der Waals surface area contributed by atoms with E-state index < -0.39 is 0 Å². The molecule has 1 aromatic rings. The first kappa shape index (κ1) is 15.8. The Labute approximate surface area is 126 Å². The van der Waals surface area contributed by atoms with Crippen molar-refractivity contribution in [1.82, 2.24) is 4.90 Å². The van der Waals surface area contributed by atoms with E-state index in [1.807, 2.05) is 37.3 Å². The molecular weight excluding hydrogens is 266 g/mol. The molecule has 2 atom stereocenters. The maximum absolute atomic E-state index is 9.66. The van der Waals surface area contributed by atoms with Crippen molar-refractivity contribution in [2.75, 3.05) is 19.6 Å². The molecule has 0 bridgehead atoms. The average Bonchev–Trinajstić information content (AvgIpc) is 2.53. The normalized spacial score (nSPS) is 21.1. The zero-order valence-corrected chi connectivity index (χ0v) is 12.5. The highest BCUT2D eigenvalue weighted by Gasteiger charge is 2.26. The molecule has 1 aromatic carbocycles. The lowest BCUT2D eigenvalue weighted by Gasteiger charge is -2.35. The molecule has 0 spiro atoms. The highest BCUT2D eigenvalue weighted by molar-refractivity contribution is 5.87. The average molecular weight is 291 g/mol. The van der Waals surface area contributed by atoms with Gasteiger partial charge in [-0.25, -0.2) is 0 Å². The zero-order chi connectivity index (χ0) is 15.2. The number of amidine groups is 1. The van der Waals surface area contributed by atoms with Crippen LogP contribution < -0.4 is 5.73 Å². The van der Waals surface area contributed by atoms with Crippen molar-refractivity contribution in [2.24, 2.45) is 16.8 Å². The van der Waals surface area contributed by atoms with Crippen molar-refractivity contribution in [3.8, 4) is 0 Å². The first-order valence-corrected chi connectivity index (χ1v) is 7.54. The second-order valence-corrected chi connectivity index (χ2v) is 5.87. The summed E-state index contributed by atoms with van der Waals surface area (Å²) in [5.41, 5.74) is 6.94. The third-order valence-electron chi connectivity index (χ3n) is 4.43. The minimum Gasteiger partial charge on any atom is -0.409 e. The van der Waals surface area contributed by atoms with E-state index in [-0.39, 0.29) is 17.9 Å². The van der Waals surface area contributed by atoms with Gasteiger partial charge in [0.05, 0.1) is 12.0 Å². The Hall–Kier alpha value is -1.59. The Morgan fingerprint density at radius 2 is 1.95 bits per heavy atom. The van der Waals surface area contributed by atoms with Gasteiger partial charge in [-0.05, 0) is 44.3 Å². The van der Waals surface area contributed by atoms with E-state index in [2.05, 4.69) is 10.1 Å². The summed E-state index contributed by atoms with van der Waals surface area (Å²) in [4.78, 5) is 2.33. The number of hydrogen-bond acceptors (Lipinski definition) is 4. The standard InChI is InChI=1S/C16H25N3O2/c1-12(20)13-7-9-19(10-8-13)11-15(16(17)18-21)14-5-3-2-4-6-14/h2-6,12-13,15,20-21H,7-11H2,1H3,(H2,17,18). The quantitative estimate of drug-likeness (QED) is 0.333. The lowest BCUT2D eigenvalue weighted by molar-refractivity contribution is 0.0714. The molecule has 1 fully saturated rings. The fourth-order valence-corrected chi connectivity index (χ4v) is 3.00. The minimum atomic E-state index is -0.235. The monoisotopic (exact) mass is 291 g/mol. The number of aliphatic hydroxyl groups is 1. The van der Waals surface area contributed by atoms with Crippen molar-refractivity contribution >= 4 is 5.84 Å². The molecule has 1 aliphatic rings. The number of rotatable bonds is 5. The molecule has 1 aliphatic heterocycles. The molecule has 5 nitrogen and oxygen atoms in total. The van der Waals surface area contributed by atoms with Crippen molar-refractivity contribution in [2.45, 2.75) is 31.8 Å². The van der Waals surface area contributed by atoms with Crippen LogP contribution in [0.4, 0.5) is 0 Å². The van der Waals surface area contributed by atoms with Crippen LogP contribution in [0.15, 0.2) is 35.5 Å². The summed E-state index contributed by atoms with van der Waals surface area (Å²) in [6.45, 7) is 4.49. The van der Waals surface area contributed by atoms with Crippen LogP contribution in [0, 0.1) is 5.92 Å². The summed E-state index contributed by atoms with van der Waals surface area (Å²) < 4.78 is 0. The van der Waals surface area contributed by atoms with Crippen LogP contribution in [-0.4, -0.2) is 46.8 Å². The van der Waals surface area contributed by atoms with E-state index in [1.54, 1.807) is 0 Å². The van der Waals surface area contributed by atoms with Crippen molar-refractivity contribution in [1.29, 1.82) is 0 Å². The molecular formula is C16H25N3O2. The first-order valence-electron chi connectivity index (χ1n) is 7.54. The third-order valence-corrected chi connectivity index (χ3v) is 4.43. The van der Waals surface area contributed by atoms with E-state index in [0.717, 1.165) is 38.0 Å². The van der Waals surface area contributed by atoms with Crippen molar-refractivity contribution in [3.05, 3.63) is 35.9 Å². The van der Waals surface area contributed by atoms with E-state index in [9.17, 15) is 5.11 Å². The molecule has 5 heteroatoms. The SMILES string of the molecule is CC(O)C1CCN(CC(/C(N)=N/O)c2ccccc2)CC1. The summed E-state index contributed by atoms with van der Waals surface area (Å²) in [7, 11) is 0. The summed E-state index contributed by atoms with van der Waals surface area (Å²) in [5.74, 6) is 0.540. The van der Waals surface area contributed by atoms with E-state index in [4.69, 9.17) is 10.9 Å². The number of piperidine rings is 1. The molecule has 0 aromatic heterocycles. The molecule has 116 valence electrons. The van der Waals surface area contributed by atoms with Crippen LogP contribution in [0.25, 0.3) is 0 Å². The molecule has 1 heterocycles. The molecule has 0 amide bonds. The second kappa shape index (κ2) is 7.43. The van der Waals surface area contributed by atoms with Crippen molar-refractivity contribution in [3.63, 3.8) is 0 Å². The largest absolute Gasteiger partial charge is 0.409 e. The Morgan fingerprint density at radius 1 is 1.33 bits per heavy atom. The molecule has 4 N–H and O–H groups in total. The molecule has 2 rings (SSSR count). The molecule has 1 saturated heterocycles. The van der Waals surface area contributed by atoms with Crippen LogP contribution in [0.1, 0.15) is 31.2 Å². The maximum Gasteiger partial charge on any atom is 0.147 e. The van der Waals surface area contributed by atoms with E-state index in [1.165, 1.54) is 0 Å². The van der Waals surface area contributed by atoms with Crippen LogP contribution in [0.3, 0.4) is 0 Å². The summed E-state index contributed by atoms with van der Waals surface area (Å²) >= 11 is 0. The molecule has 2 unspecified atom stereocenters. The van der Waals surface area contributed by atoms with Crippen LogP contribution in [-0.2, 0) is 0 Å². The first-order chi connectivity index (χ1) is 10.1. The number of hydrogen-bond donors (Lipinski definition) is 3. The van der Waals surface area contributed by atoms with Crippen LogP contribution >= 0.6 is 0 Å². The number of benzene rings is 1. The smallest absolute Gasteiger partial charge is 0.147 e. The Morgan fingerprint density at radius 3 is 2.48 bits per heavy atom. The number of likely N-dealkylation sites (tertiary alicyclic amines) is 1. The van der Waals surface area contributed by atoms with Gasteiger partial charge in [-0.15, -0.1) is 0 Å². The number of aliphatic hydroxyl groups excluding tert-OH is 1. The van der Waals surface area contributed by atoms with Gasteiger partial charge >= 0.3 is 0 Å². The highest BCUT2D eigenvalue weighted by Crippen LogP contribution is 2.24. The fourth-order valence-electron chi connectivity index (χ4n) is 3.00. The third kappa shape index (κ3) is 4.19. The molecule has 0 saturated carbocycles. The number of oxime groups is 1. The summed E-state index contributed by atoms with van der Waals surface area (Å²) in [6, 6.07) is 9.90. The predicted octanol–water partition coefficient (Wildman–Crippen LogP) is 1.61. The number of nitrogens with two attached hydrogens (primary N) is 1. The Kier molecular flexibility index (Phi) is 5.59.